The van der Waals surface area contributed by atoms with Crippen LogP contribution in [0.1, 0.15) is 15.9 Å². The number of halogens is 2. The molecular weight excluding hydrogens is 327 g/mol. The van der Waals surface area contributed by atoms with E-state index in [0.717, 1.165) is 11.8 Å². The average molecular weight is 343 g/mol. The first-order valence-corrected chi connectivity index (χ1v) is 7.02. The Balaban J connectivity index is 0.000000220. The summed E-state index contributed by atoms with van der Waals surface area (Å²) in [5.74, 6) is 1.26. The fourth-order valence-corrected chi connectivity index (χ4v) is 2.08. The molecule has 0 saturated carbocycles. The summed E-state index contributed by atoms with van der Waals surface area (Å²) in [6.45, 7) is -0.0169. The quantitative estimate of drug-likeness (QED) is 0.853. The number of aliphatic hydroxyl groups is 1. The summed E-state index contributed by atoms with van der Waals surface area (Å²) in [4.78, 5) is 10.3. The van der Waals surface area contributed by atoms with Crippen molar-refractivity contribution in [1.29, 1.82) is 0 Å². The number of aliphatic hydroxyl groups excluding tert-OH is 1. The Kier molecular flexibility index (Phi) is 7.74. The molecule has 118 valence electrons. The van der Waals surface area contributed by atoms with Crippen LogP contribution in [0.3, 0.4) is 0 Å². The van der Waals surface area contributed by atoms with Crippen molar-refractivity contribution >= 4 is 29.5 Å². The first-order chi connectivity index (χ1) is 10.5. The predicted molar refractivity (Wildman–Crippen MR) is 87.3 cm³/mol. The predicted octanol–water partition coefficient (Wildman–Crippen LogP) is 4.00. The van der Waals surface area contributed by atoms with Gasteiger partial charge in [-0.15, -0.1) is 0 Å². The molecule has 0 amide bonds. The summed E-state index contributed by atoms with van der Waals surface area (Å²) in [5.41, 5.74) is 1.28. The normalized spacial score (nSPS) is 9.50. The lowest BCUT2D eigenvalue weighted by Gasteiger charge is -2.02. The van der Waals surface area contributed by atoms with E-state index in [-0.39, 0.29) is 6.61 Å². The Morgan fingerprint density at radius 3 is 2.00 bits per heavy atom. The third-order valence-electron chi connectivity index (χ3n) is 2.61. The molecule has 0 bridgehead atoms. The summed E-state index contributed by atoms with van der Waals surface area (Å²) in [5, 5.41) is 9.85. The van der Waals surface area contributed by atoms with Gasteiger partial charge < -0.3 is 14.6 Å². The molecular formula is C16H16Cl2O4. The van der Waals surface area contributed by atoms with Crippen molar-refractivity contribution in [2.75, 3.05) is 14.2 Å². The molecule has 22 heavy (non-hydrogen) atoms. The Bertz CT molecular complexity index is 607. The molecule has 0 unspecified atom stereocenters. The van der Waals surface area contributed by atoms with Gasteiger partial charge in [0.1, 0.15) is 17.8 Å². The van der Waals surface area contributed by atoms with E-state index in [4.69, 9.17) is 37.8 Å². The summed E-state index contributed by atoms with van der Waals surface area (Å²) in [6, 6.07) is 9.99. The molecule has 0 heterocycles. The zero-order valence-corrected chi connectivity index (χ0v) is 13.7. The van der Waals surface area contributed by atoms with E-state index in [9.17, 15) is 4.79 Å². The highest BCUT2D eigenvalue weighted by Crippen LogP contribution is 2.20. The number of rotatable bonds is 4. The molecule has 0 atom stereocenters. The van der Waals surface area contributed by atoms with Crippen LogP contribution in [0, 0.1) is 0 Å². The maximum atomic E-state index is 10.3. The Labute approximate surface area is 139 Å². The van der Waals surface area contributed by atoms with Crippen molar-refractivity contribution < 1.29 is 19.4 Å². The van der Waals surface area contributed by atoms with E-state index in [1.807, 2.05) is 0 Å². The molecule has 2 aromatic carbocycles. The molecule has 0 spiro atoms. The fourth-order valence-electron chi connectivity index (χ4n) is 1.60. The van der Waals surface area contributed by atoms with Crippen molar-refractivity contribution in [2.24, 2.45) is 0 Å². The van der Waals surface area contributed by atoms with Gasteiger partial charge in [0.2, 0.25) is 0 Å². The SMILES string of the molecule is COc1cc(Cl)cc(C=O)c1.COc1cc(Cl)cc(CO)c1. The summed E-state index contributed by atoms with van der Waals surface area (Å²) < 4.78 is 9.84. The monoisotopic (exact) mass is 342 g/mol. The lowest BCUT2D eigenvalue weighted by Crippen LogP contribution is -1.87. The Hall–Kier alpha value is -1.75. The first-order valence-electron chi connectivity index (χ1n) is 6.26. The zero-order valence-electron chi connectivity index (χ0n) is 12.2. The number of carbonyl (C=O) groups excluding carboxylic acids is 1. The van der Waals surface area contributed by atoms with Gasteiger partial charge in [0, 0.05) is 15.6 Å². The van der Waals surface area contributed by atoms with Gasteiger partial charge >= 0.3 is 0 Å². The van der Waals surface area contributed by atoms with Crippen LogP contribution in [0.4, 0.5) is 0 Å². The Morgan fingerprint density at radius 1 is 0.955 bits per heavy atom. The first kappa shape index (κ1) is 18.3. The molecule has 0 aliphatic rings. The van der Waals surface area contributed by atoms with E-state index in [1.165, 1.54) is 7.11 Å². The minimum Gasteiger partial charge on any atom is -0.497 e. The maximum Gasteiger partial charge on any atom is 0.150 e. The van der Waals surface area contributed by atoms with E-state index >= 15 is 0 Å². The van der Waals surface area contributed by atoms with Crippen LogP contribution in [0.15, 0.2) is 36.4 Å². The average Bonchev–Trinajstić information content (AvgIpc) is 2.53. The number of hydrogen-bond donors (Lipinski definition) is 1. The van der Waals surface area contributed by atoms with E-state index in [2.05, 4.69) is 0 Å². The molecule has 6 heteroatoms. The molecule has 0 radical (unpaired) electrons. The maximum absolute atomic E-state index is 10.3. The second kappa shape index (κ2) is 9.30. The number of benzene rings is 2. The van der Waals surface area contributed by atoms with Crippen LogP contribution in [-0.4, -0.2) is 25.6 Å². The second-order valence-corrected chi connectivity index (χ2v) is 5.07. The molecule has 0 aliphatic carbocycles. The van der Waals surface area contributed by atoms with E-state index in [0.29, 0.717) is 27.1 Å². The molecule has 2 rings (SSSR count). The number of hydrogen-bond acceptors (Lipinski definition) is 4. The standard InChI is InChI=1S/C8H9ClO2.C8H7ClO2/c2*1-11-8-3-6(5-10)2-7(9)4-8/h2-4,10H,5H2,1H3;2-5H,1H3. The number of methoxy groups -OCH3 is 2. The van der Waals surface area contributed by atoms with Crippen LogP contribution in [-0.2, 0) is 6.61 Å². The van der Waals surface area contributed by atoms with Gasteiger partial charge in [-0.1, -0.05) is 23.2 Å². The van der Waals surface area contributed by atoms with Gasteiger partial charge in [-0.2, -0.15) is 0 Å². The summed E-state index contributed by atoms with van der Waals surface area (Å²) in [7, 11) is 3.09. The van der Waals surface area contributed by atoms with Gasteiger partial charge in [0.05, 0.1) is 20.8 Å². The molecule has 1 N–H and O–H groups in total. The highest BCUT2D eigenvalue weighted by Gasteiger charge is 1.98. The highest BCUT2D eigenvalue weighted by atomic mass is 35.5. The van der Waals surface area contributed by atoms with Crippen molar-refractivity contribution in [3.05, 3.63) is 57.6 Å². The lowest BCUT2D eigenvalue weighted by molar-refractivity contribution is 0.112. The lowest BCUT2D eigenvalue weighted by atomic mass is 10.2. The number of aldehydes is 1. The highest BCUT2D eigenvalue weighted by molar-refractivity contribution is 6.31. The van der Waals surface area contributed by atoms with Crippen LogP contribution in [0.5, 0.6) is 11.5 Å². The third-order valence-corrected chi connectivity index (χ3v) is 3.05. The molecule has 0 aliphatic heterocycles. The van der Waals surface area contributed by atoms with Gasteiger partial charge in [-0.25, -0.2) is 0 Å². The van der Waals surface area contributed by atoms with Crippen LogP contribution >= 0.6 is 23.2 Å². The largest absolute Gasteiger partial charge is 0.497 e. The van der Waals surface area contributed by atoms with Crippen molar-refractivity contribution in [3.63, 3.8) is 0 Å². The molecule has 0 aromatic heterocycles. The molecule has 2 aromatic rings. The van der Waals surface area contributed by atoms with Gasteiger partial charge in [0.25, 0.3) is 0 Å². The van der Waals surface area contributed by atoms with Crippen molar-refractivity contribution in [2.45, 2.75) is 6.61 Å². The molecule has 0 fully saturated rings. The van der Waals surface area contributed by atoms with Crippen LogP contribution in [0.2, 0.25) is 10.0 Å². The van der Waals surface area contributed by atoms with Gasteiger partial charge in [0.15, 0.2) is 0 Å². The fraction of sp³-hybridized carbons (Fsp3) is 0.188. The third kappa shape index (κ3) is 5.93. The van der Waals surface area contributed by atoms with Gasteiger partial charge in [-0.05, 0) is 42.0 Å². The van der Waals surface area contributed by atoms with Crippen molar-refractivity contribution in [1.82, 2.24) is 0 Å². The van der Waals surface area contributed by atoms with Crippen molar-refractivity contribution in [3.8, 4) is 11.5 Å². The topological polar surface area (TPSA) is 55.8 Å². The summed E-state index contributed by atoms with van der Waals surface area (Å²) >= 11 is 11.4. The zero-order chi connectivity index (χ0) is 16.5. The molecule has 0 saturated heterocycles. The van der Waals surface area contributed by atoms with E-state index in [1.54, 1.807) is 43.5 Å². The minimum atomic E-state index is -0.0169. The summed E-state index contributed by atoms with van der Waals surface area (Å²) in [6.07, 6.45) is 0.731. The van der Waals surface area contributed by atoms with Crippen LogP contribution in [0.25, 0.3) is 0 Å². The minimum absolute atomic E-state index is 0.0169. The smallest absolute Gasteiger partial charge is 0.150 e. The van der Waals surface area contributed by atoms with Gasteiger partial charge in [-0.3, -0.25) is 4.79 Å². The number of carbonyl (C=O) groups is 1. The van der Waals surface area contributed by atoms with Crippen LogP contribution < -0.4 is 9.47 Å². The van der Waals surface area contributed by atoms with E-state index < -0.39 is 0 Å². The molecule has 4 nitrogen and oxygen atoms in total. The number of ether oxygens (including phenoxy) is 2. The second-order valence-electron chi connectivity index (χ2n) is 4.20. The Morgan fingerprint density at radius 2 is 1.50 bits per heavy atom.